The molecular formula is C25H44O. The molecular weight excluding hydrogens is 316 g/mol. The van der Waals surface area contributed by atoms with E-state index in [-0.39, 0.29) is 0 Å². The number of ether oxygens (including phenoxy) is 1. The van der Waals surface area contributed by atoms with Crippen molar-refractivity contribution in [2.45, 2.75) is 111 Å². The fourth-order valence-electron chi connectivity index (χ4n) is 7.61. The van der Waals surface area contributed by atoms with Crippen molar-refractivity contribution in [3.05, 3.63) is 0 Å². The van der Waals surface area contributed by atoms with E-state index in [0.717, 1.165) is 41.4 Å². The Balaban J connectivity index is 0.000000246. The second-order valence-corrected chi connectivity index (χ2v) is 11.1. The lowest BCUT2D eigenvalue weighted by Gasteiger charge is -2.55. The van der Waals surface area contributed by atoms with Gasteiger partial charge in [-0.05, 0) is 98.2 Å². The van der Waals surface area contributed by atoms with Gasteiger partial charge in [-0.2, -0.15) is 0 Å². The number of hydrogen-bond acceptors (Lipinski definition) is 1. The first kappa shape index (κ1) is 19.3. The smallest absolute Gasteiger partial charge is 0.0844 e. The van der Waals surface area contributed by atoms with Crippen molar-refractivity contribution in [1.82, 2.24) is 0 Å². The van der Waals surface area contributed by atoms with E-state index in [1.54, 1.807) is 19.3 Å². The molecule has 9 atom stereocenters. The first-order valence-corrected chi connectivity index (χ1v) is 12.1. The molecule has 1 heterocycles. The second kappa shape index (κ2) is 7.41. The van der Waals surface area contributed by atoms with Gasteiger partial charge in [0.1, 0.15) is 0 Å². The van der Waals surface area contributed by atoms with E-state index in [2.05, 4.69) is 34.6 Å². The molecule has 0 aromatic rings. The largest absolute Gasteiger partial charge is 0.370 e. The molecule has 0 amide bonds. The minimum atomic E-state index is 0.686. The Hall–Kier alpha value is -0.0400. The highest BCUT2D eigenvalue weighted by atomic mass is 16.6. The summed E-state index contributed by atoms with van der Waals surface area (Å²) >= 11 is 0. The first-order valence-electron chi connectivity index (χ1n) is 12.1. The molecule has 0 spiro atoms. The lowest BCUT2D eigenvalue weighted by Crippen LogP contribution is -2.48. The van der Waals surface area contributed by atoms with Crippen LogP contribution in [0.25, 0.3) is 0 Å². The van der Waals surface area contributed by atoms with E-state index in [0.29, 0.717) is 17.6 Å². The molecule has 4 aliphatic carbocycles. The number of fused-ring (bicyclic) bond motifs is 6. The maximum absolute atomic E-state index is 5.87. The molecule has 0 bridgehead atoms. The van der Waals surface area contributed by atoms with Gasteiger partial charge in [-0.25, -0.2) is 0 Å². The van der Waals surface area contributed by atoms with Crippen molar-refractivity contribution >= 4 is 0 Å². The predicted molar refractivity (Wildman–Crippen MR) is 110 cm³/mol. The van der Waals surface area contributed by atoms with E-state index in [4.69, 9.17) is 4.74 Å². The van der Waals surface area contributed by atoms with Gasteiger partial charge >= 0.3 is 0 Å². The lowest BCUT2D eigenvalue weighted by atomic mass is 9.50. The number of rotatable bonds is 2. The molecule has 0 aromatic carbocycles. The highest BCUT2D eigenvalue weighted by molar-refractivity contribution is 5.07. The third kappa shape index (κ3) is 3.29. The first-order chi connectivity index (χ1) is 12.5. The molecule has 5 fully saturated rings. The van der Waals surface area contributed by atoms with Crippen LogP contribution in [0.4, 0.5) is 0 Å². The minimum Gasteiger partial charge on any atom is -0.370 e. The Labute approximate surface area is 163 Å². The maximum Gasteiger partial charge on any atom is 0.0844 e. The zero-order valence-electron chi connectivity index (χ0n) is 18.2. The quantitative estimate of drug-likeness (QED) is 0.479. The molecule has 150 valence electrons. The molecule has 1 nitrogen and oxygen atoms in total. The minimum absolute atomic E-state index is 0.686. The Kier molecular flexibility index (Phi) is 5.50. The molecule has 5 aliphatic rings. The Morgan fingerprint density at radius 2 is 1.62 bits per heavy atom. The zero-order chi connectivity index (χ0) is 18.5. The topological polar surface area (TPSA) is 12.5 Å². The number of epoxide rings is 1. The van der Waals surface area contributed by atoms with Gasteiger partial charge in [-0.15, -0.1) is 0 Å². The normalized spacial score (nSPS) is 51.5. The van der Waals surface area contributed by atoms with Crippen molar-refractivity contribution < 1.29 is 4.74 Å². The summed E-state index contributed by atoms with van der Waals surface area (Å²) < 4.78 is 5.87. The van der Waals surface area contributed by atoms with E-state index < -0.39 is 0 Å². The van der Waals surface area contributed by atoms with Crippen LogP contribution in [0.5, 0.6) is 0 Å². The SMILES string of the molecule is CC1CCC2C3CCC4CC5OC5CC4C3CCC12C.CCC(C)CC. The fraction of sp³-hybridized carbons (Fsp3) is 1.00. The van der Waals surface area contributed by atoms with Crippen LogP contribution < -0.4 is 0 Å². The van der Waals surface area contributed by atoms with E-state index in [1.807, 2.05) is 0 Å². The van der Waals surface area contributed by atoms with Gasteiger partial charge in [-0.3, -0.25) is 0 Å². The molecule has 26 heavy (non-hydrogen) atoms. The van der Waals surface area contributed by atoms with Gasteiger partial charge in [-0.1, -0.05) is 47.5 Å². The van der Waals surface area contributed by atoms with Crippen molar-refractivity contribution in [2.75, 3.05) is 0 Å². The summed E-state index contributed by atoms with van der Waals surface area (Å²) in [5.41, 5.74) is 0.696. The van der Waals surface area contributed by atoms with Crippen LogP contribution in [-0.2, 0) is 4.74 Å². The summed E-state index contributed by atoms with van der Waals surface area (Å²) in [6, 6.07) is 0. The van der Waals surface area contributed by atoms with Crippen LogP contribution in [0.3, 0.4) is 0 Å². The lowest BCUT2D eigenvalue weighted by molar-refractivity contribution is -0.0566. The van der Waals surface area contributed by atoms with Gasteiger partial charge < -0.3 is 4.74 Å². The Morgan fingerprint density at radius 1 is 0.885 bits per heavy atom. The molecule has 4 saturated carbocycles. The third-order valence-electron chi connectivity index (χ3n) is 10.1. The summed E-state index contributed by atoms with van der Waals surface area (Å²) in [6.07, 6.45) is 16.1. The van der Waals surface area contributed by atoms with Crippen molar-refractivity contribution in [3.63, 3.8) is 0 Å². The van der Waals surface area contributed by atoms with Crippen LogP contribution >= 0.6 is 0 Å². The summed E-state index contributed by atoms with van der Waals surface area (Å²) in [6.45, 7) is 11.9. The van der Waals surface area contributed by atoms with Crippen LogP contribution in [0.15, 0.2) is 0 Å². The predicted octanol–water partition coefficient (Wildman–Crippen LogP) is 7.09. The van der Waals surface area contributed by atoms with Crippen LogP contribution in [0.2, 0.25) is 0 Å². The van der Waals surface area contributed by atoms with E-state index in [1.165, 1.54) is 44.9 Å². The van der Waals surface area contributed by atoms with Gasteiger partial charge in [0, 0.05) is 0 Å². The van der Waals surface area contributed by atoms with E-state index in [9.17, 15) is 0 Å². The van der Waals surface area contributed by atoms with Crippen LogP contribution in [0.1, 0.15) is 98.8 Å². The summed E-state index contributed by atoms with van der Waals surface area (Å²) in [4.78, 5) is 0. The number of hydrogen-bond donors (Lipinski definition) is 0. The molecule has 1 heteroatoms. The van der Waals surface area contributed by atoms with Crippen LogP contribution in [0, 0.1) is 46.8 Å². The van der Waals surface area contributed by atoms with Gasteiger partial charge in [0.2, 0.25) is 0 Å². The third-order valence-corrected chi connectivity index (χ3v) is 10.1. The monoisotopic (exact) mass is 360 g/mol. The molecule has 0 radical (unpaired) electrons. The Bertz CT molecular complexity index is 483. The highest BCUT2D eigenvalue weighted by Gasteiger charge is 2.58. The Morgan fingerprint density at radius 3 is 2.31 bits per heavy atom. The fourth-order valence-corrected chi connectivity index (χ4v) is 7.61. The van der Waals surface area contributed by atoms with Gasteiger partial charge in [0.05, 0.1) is 12.2 Å². The maximum atomic E-state index is 5.87. The molecule has 0 N–H and O–H groups in total. The average molecular weight is 361 g/mol. The molecule has 0 aromatic heterocycles. The molecule has 1 aliphatic heterocycles. The highest BCUT2D eigenvalue weighted by Crippen LogP contribution is 2.64. The summed E-state index contributed by atoms with van der Waals surface area (Å²) in [5.74, 6) is 7.20. The average Bonchev–Trinajstić information content (AvgIpc) is 3.35. The second-order valence-electron chi connectivity index (χ2n) is 11.1. The van der Waals surface area contributed by atoms with Crippen molar-refractivity contribution in [2.24, 2.45) is 46.8 Å². The molecule has 5 rings (SSSR count). The van der Waals surface area contributed by atoms with Gasteiger partial charge in [0.25, 0.3) is 0 Å². The van der Waals surface area contributed by atoms with E-state index >= 15 is 0 Å². The zero-order valence-corrected chi connectivity index (χ0v) is 18.2. The summed E-state index contributed by atoms with van der Waals surface area (Å²) in [7, 11) is 0. The van der Waals surface area contributed by atoms with Crippen molar-refractivity contribution in [3.8, 4) is 0 Å². The van der Waals surface area contributed by atoms with Crippen LogP contribution in [-0.4, -0.2) is 12.2 Å². The molecule has 1 saturated heterocycles. The van der Waals surface area contributed by atoms with Crippen molar-refractivity contribution in [1.29, 1.82) is 0 Å². The standard InChI is InChI=1S/C19H30O.C6H14/c1-11-3-6-16-14-5-4-12-9-17-18(20-17)10-15(12)13(14)7-8-19(11,16)2;1-4-6(3)5-2/h11-18H,3-10H2,1-2H3;6H,4-5H2,1-3H3. The summed E-state index contributed by atoms with van der Waals surface area (Å²) in [5, 5.41) is 0. The molecule has 9 unspecified atom stereocenters. The van der Waals surface area contributed by atoms with Gasteiger partial charge in [0.15, 0.2) is 0 Å².